The standard InChI is InChI=1S/C10H10N2O3/c1-7-9(10(14)15-3-2-13)4-8(5-11)6-12-7/h4,6,13H,2-3H2,1H3. The summed E-state index contributed by atoms with van der Waals surface area (Å²) in [4.78, 5) is 15.3. The first-order chi connectivity index (χ1) is 7.19. The molecule has 0 aliphatic rings. The number of rotatable bonds is 3. The highest BCUT2D eigenvalue weighted by Crippen LogP contribution is 2.08. The van der Waals surface area contributed by atoms with Gasteiger partial charge in [0.15, 0.2) is 0 Å². The van der Waals surface area contributed by atoms with E-state index in [0.29, 0.717) is 11.3 Å². The molecule has 0 saturated carbocycles. The van der Waals surface area contributed by atoms with Gasteiger partial charge in [-0.25, -0.2) is 4.79 Å². The van der Waals surface area contributed by atoms with Crippen LogP contribution in [0.4, 0.5) is 0 Å². The van der Waals surface area contributed by atoms with Crippen molar-refractivity contribution >= 4 is 5.97 Å². The molecule has 0 atom stereocenters. The van der Waals surface area contributed by atoms with E-state index in [9.17, 15) is 4.79 Å². The van der Waals surface area contributed by atoms with Crippen LogP contribution in [0.25, 0.3) is 0 Å². The summed E-state index contributed by atoms with van der Waals surface area (Å²) in [6, 6.07) is 3.30. The first-order valence-electron chi connectivity index (χ1n) is 4.33. The van der Waals surface area contributed by atoms with Crippen molar-refractivity contribution in [3.63, 3.8) is 0 Å². The summed E-state index contributed by atoms with van der Waals surface area (Å²) in [6.07, 6.45) is 1.39. The van der Waals surface area contributed by atoms with E-state index >= 15 is 0 Å². The van der Waals surface area contributed by atoms with Gasteiger partial charge in [0.25, 0.3) is 0 Å². The fourth-order valence-corrected chi connectivity index (χ4v) is 1.02. The lowest BCUT2D eigenvalue weighted by Crippen LogP contribution is -2.11. The van der Waals surface area contributed by atoms with Crippen LogP contribution in [0.5, 0.6) is 0 Å². The number of aliphatic hydroxyl groups excluding tert-OH is 1. The minimum Gasteiger partial charge on any atom is -0.460 e. The topological polar surface area (TPSA) is 83.2 Å². The van der Waals surface area contributed by atoms with Gasteiger partial charge >= 0.3 is 5.97 Å². The van der Waals surface area contributed by atoms with Crippen molar-refractivity contribution in [2.75, 3.05) is 13.2 Å². The smallest absolute Gasteiger partial charge is 0.340 e. The Bertz CT molecular complexity index is 410. The zero-order valence-electron chi connectivity index (χ0n) is 8.23. The number of hydrogen-bond acceptors (Lipinski definition) is 5. The van der Waals surface area contributed by atoms with E-state index in [-0.39, 0.29) is 18.8 Å². The highest BCUT2D eigenvalue weighted by atomic mass is 16.5. The average Bonchev–Trinajstić information content (AvgIpc) is 2.26. The molecule has 0 spiro atoms. The second kappa shape index (κ2) is 5.08. The summed E-state index contributed by atoms with van der Waals surface area (Å²) in [5.41, 5.74) is 1.05. The largest absolute Gasteiger partial charge is 0.460 e. The Morgan fingerprint density at radius 2 is 2.47 bits per heavy atom. The van der Waals surface area contributed by atoms with E-state index < -0.39 is 5.97 Å². The fraction of sp³-hybridized carbons (Fsp3) is 0.300. The van der Waals surface area contributed by atoms with Crippen LogP contribution in [0.2, 0.25) is 0 Å². The molecule has 1 heterocycles. The van der Waals surface area contributed by atoms with E-state index in [1.165, 1.54) is 12.3 Å². The minimum absolute atomic E-state index is 0.0605. The maximum absolute atomic E-state index is 11.4. The van der Waals surface area contributed by atoms with Crippen molar-refractivity contribution in [3.8, 4) is 6.07 Å². The van der Waals surface area contributed by atoms with Crippen molar-refractivity contribution in [2.45, 2.75) is 6.92 Å². The van der Waals surface area contributed by atoms with Crippen molar-refractivity contribution in [1.29, 1.82) is 5.26 Å². The van der Waals surface area contributed by atoms with Crippen molar-refractivity contribution in [1.82, 2.24) is 4.98 Å². The molecule has 1 rings (SSSR count). The number of hydrogen-bond donors (Lipinski definition) is 1. The molecule has 78 valence electrons. The SMILES string of the molecule is Cc1ncc(C#N)cc1C(=O)OCCO. The average molecular weight is 206 g/mol. The number of aromatic nitrogens is 1. The number of ether oxygens (including phenoxy) is 1. The predicted molar refractivity (Wildman–Crippen MR) is 51.1 cm³/mol. The summed E-state index contributed by atoms with van der Waals surface area (Å²) in [5, 5.41) is 17.1. The van der Waals surface area contributed by atoms with Crippen LogP contribution in [0.15, 0.2) is 12.3 Å². The van der Waals surface area contributed by atoms with E-state index in [0.717, 1.165) is 0 Å². The van der Waals surface area contributed by atoms with Gasteiger partial charge in [-0.3, -0.25) is 4.98 Å². The third-order valence-electron chi connectivity index (χ3n) is 1.76. The Morgan fingerprint density at radius 3 is 3.07 bits per heavy atom. The summed E-state index contributed by atoms with van der Waals surface area (Å²) in [5.74, 6) is -0.578. The molecule has 0 bridgehead atoms. The number of carbonyl (C=O) groups is 1. The first-order valence-corrected chi connectivity index (χ1v) is 4.33. The molecule has 1 aromatic rings. The number of pyridine rings is 1. The molecule has 5 nitrogen and oxygen atoms in total. The fourth-order valence-electron chi connectivity index (χ4n) is 1.02. The minimum atomic E-state index is -0.578. The van der Waals surface area contributed by atoms with Gasteiger partial charge in [-0.05, 0) is 13.0 Å². The summed E-state index contributed by atoms with van der Waals surface area (Å²) in [6.45, 7) is 1.36. The Kier molecular flexibility index (Phi) is 3.77. The summed E-state index contributed by atoms with van der Waals surface area (Å²) >= 11 is 0. The van der Waals surface area contributed by atoms with Gasteiger partial charge in [-0.1, -0.05) is 0 Å². The number of carbonyl (C=O) groups excluding carboxylic acids is 1. The van der Waals surface area contributed by atoms with E-state index in [1.54, 1.807) is 6.92 Å². The highest BCUT2D eigenvalue weighted by Gasteiger charge is 2.12. The van der Waals surface area contributed by atoms with Crippen LogP contribution in [0.3, 0.4) is 0 Å². The number of aliphatic hydroxyl groups is 1. The molecule has 0 aliphatic carbocycles. The summed E-state index contributed by atoms with van der Waals surface area (Å²) < 4.78 is 4.72. The number of aryl methyl sites for hydroxylation is 1. The zero-order valence-corrected chi connectivity index (χ0v) is 8.23. The molecule has 0 saturated heterocycles. The third kappa shape index (κ3) is 2.76. The molecule has 15 heavy (non-hydrogen) atoms. The quantitative estimate of drug-likeness (QED) is 0.724. The Morgan fingerprint density at radius 1 is 1.73 bits per heavy atom. The molecule has 1 aromatic heterocycles. The molecule has 1 N–H and O–H groups in total. The van der Waals surface area contributed by atoms with Crippen LogP contribution in [0.1, 0.15) is 21.6 Å². The zero-order chi connectivity index (χ0) is 11.3. The molecule has 0 aromatic carbocycles. The van der Waals surface area contributed by atoms with Crippen LogP contribution in [-0.4, -0.2) is 29.3 Å². The third-order valence-corrected chi connectivity index (χ3v) is 1.76. The van der Waals surface area contributed by atoms with E-state index in [4.69, 9.17) is 15.1 Å². The molecular weight excluding hydrogens is 196 g/mol. The molecular formula is C10H10N2O3. The second-order valence-electron chi connectivity index (χ2n) is 2.83. The van der Waals surface area contributed by atoms with Crippen LogP contribution in [0, 0.1) is 18.3 Å². The predicted octanol–water partition coefficient (Wildman–Crippen LogP) is 0.411. The lowest BCUT2D eigenvalue weighted by Gasteiger charge is -2.05. The van der Waals surface area contributed by atoms with Crippen molar-refractivity contribution in [2.24, 2.45) is 0 Å². The van der Waals surface area contributed by atoms with Crippen LogP contribution < -0.4 is 0 Å². The highest BCUT2D eigenvalue weighted by molar-refractivity contribution is 5.90. The van der Waals surface area contributed by atoms with Gasteiger partial charge in [-0.15, -0.1) is 0 Å². The van der Waals surface area contributed by atoms with Gasteiger partial charge < -0.3 is 9.84 Å². The molecule has 0 amide bonds. The van der Waals surface area contributed by atoms with Gasteiger partial charge in [0.2, 0.25) is 0 Å². The van der Waals surface area contributed by atoms with Gasteiger partial charge in [0.1, 0.15) is 12.7 Å². The lowest BCUT2D eigenvalue weighted by atomic mass is 10.1. The maximum atomic E-state index is 11.4. The molecule has 0 unspecified atom stereocenters. The van der Waals surface area contributed by atoms with Crippen LogP contribution in [-0.2, 0) is 4.74 Å². The number of nitrogens with zero attached hydrogens (tertiary/aromatic N) is 2. The monoisotopic (exact) mass is 206 g/mol. The van der Waals surface area contributed by atoms with E-state index in [2.05, 4.69) is 4.98 Å². The van der Waals surface area contributed by atoms with Gasteiger partial charge in [0.05, 0.1) is 23.4 Å². The second-order valence-corrected chi connectivity index (χ2v) is 2.83. The van der Waals surface area contributed by atoms with E-state index in [1.807, 2.05) is 6.07 Å². The molecule has 0 fully saturated rings. The molecule has 5 heteroatoms. The molecule has 0 radical (unpaired) electrons. The van der Waals surface area contributed by atoms with Crippen LogP contribution >= 0.6 is 0 Å². The Balaban J connectivity index is 2.93. The molecule has 0 aliphatic heterocycles. The van der Waals surface area contributed by atoms with Crippen molar-refractivity contribution < 1.29 is 14.6 Å². The van der Waals surface area contributed by atoms with Gasteiger partial charge in [-0.2, -0.15) is 5.26 Å². The normalized spacial score (nSPS) is 9.40. The first kappa shape index (κ1) is 11.1. The number of nitriles is 1. The number of esters is 1. The van der Waals surface area contributed by atoms with Crippen molar-refractivity contribution in [3.05, 3.63) is 29.1 Å². The maximum Gasteiger partial charge on any atom is 0.340 e. The Labute approximate surface area is 86.9 Å². The Hall–Kier alpha value is -1.93. The lowest BCUT2D eigenvalue weighted by molar-refractivity contribution is 0.0432. The van der Waals surface area contributed by atoms with Gasteiger partial charge in [0, 0.05) is 6.20 Å². The summed E-state index contributed by atoms with van der Waals surface area (Å²) in [7, 11) is 0.